The van der Waals surface area contributed by atoms with Crippen LogP contribution in [-0.2, 0) is 0 Å². The molecule has 0 amide bonds. The van der Waals surface area contributed by atoms with Gasteiger partial charge in [-0.3, -0.25) is 0 Å². The molecule has 0 saturated carbocycles. The minimum Gasteiger partial charge on any atom is -0.0616 e. The fourth-order valence-electron chi connectivity index (χ4n) is 8.42. The molecule has 0 fully saturated rings. The number of fused-ring (bicyclic) bond motifs is 2. The Labute approximate surface area is 324 Å². The lowest BCUT2D eigenvalue weighted by Crippen LogP contribution is -2.29. The zero-order valence-corrected chi connectivity index (χ0v) is 34.5. The Balaban J connectivity index is 1.56. The van der Waals surface area contributed by atoms with Gasteiger partial charge in [-0.05, 0) is 158 Å². The van der Waals surface area contributed by atoms with Crippen molar-refractivity contribution in [1.82, 2.24) is 0 Å². The lowest BCUT2D eigenvalue weighted by atomic mass is 9.93. The molecule has 2 heteroatoms. The van der Waals surface area contributed by atoms with Gasteiger partial charge in [-0.1, -0.05) is 168 Å². The van der Waals surface area contributed by atoms with Gasteiger partial charge in [0.25, 0.3) is 0 Å². The summed E-state index contributed by atoms with van der Waals surface area (Å²) in [6, 6.07) is 56.2. The van der Waals surface area contributed by atoms with Crippen LogP contribution in [0.3, 0.4) is 0 Å². The van der Waals surface area contributed by atoms with Gasteiger partial charge in [-0.15, -0.1) is 0 Å². The van der Waals surface area contributed by atoms with E-state index in [-0.39, 0.29) is 0 Å². The standard InChI is InChI=1S/C52H48P2/c1-33-17-23-45(37(5)29-33)53(46-24-18-34(2)30-38(46)6)49-27-21-41-13-9-11-15-43(41)51(49)52-44-16-12-10-14-42(44)22-28-50(52)54(47-25-19-35(3)31-39(47)7)48-26-20-36(4)32-40(48)8/h9-32H,1-8H3. The first-order chi connectivity index (χ1) is 26.1. The highest BCUT2D eigenvalue weighted by Crippen LogP contribution is 2.47. The summed E-state index contributed by atoms with van der Waals surface area (Å²) in [5.41, 5.74) is 13.4. The molecule has 0 nitrogen and oxygen atoms in total. The van der Waals surface area contributed by atoms with Crippen molar-refractivity contribution in [3.05, 3.63) is 190 Å². The van der Waals surface area contributed by atoms with Crippen LogP contribution in [0.25, 0.3) is 32.7 Å². The number of benzene rings is 8. The average molecular weight is 735 g/mol. The van der Waals surface area contributed by atoms with Gasteiger partial charge >= 0.3 is 0 Å². The molecule has 0 heterocycles. The van der Waals surface area contributed by atoms with E-state index in [1.165, 1.54) is 109 Å². The normalized spacial score (nSPS) is 11.7. The van der Waals surface area contributed by atoms with Crippen molar-refractivity contribution in [1.29, 1.82) is 0 Å². The van der Waals surface area contributed by atoms with Crippen LogP contribution in [0, 0.1) is 55.4 Å². The Morgan fingerprint density at radius 1 is 0.278 bits per heavy atom. The molecule has 0 aromatic heterocycles. The Morgan fingerprint density at radius 3 is 0.852 bits per heavy atom. The minimum absolute atomic E-state index is 0.939. The molecule has 266 valence electrons. The van der Waals surface area contributed by atoms with Crippen LogP contribution in [0.15, 0.2) is 146 Å². The van der Waals surface area contributed by atoms with Crippen LogP contribution >= 0.6 is 15.8 Å². The van der Waals surface area contributed by atoms with E-state index in [1.807, 2.05) is 0 Å². The first-order valence-corrected chi connectivity index (χ1v) is 21.7. The summed E-state index contributed by atoms with van der Waals surface area (Å²) in [6.07, 6.45) is 0. The smallest absolute Gasteiger partial charge is 0.000883 e. The van der Waals surface area contributed by atoms with Crippen molar-refractivity contribution in [2.75, 3.05) is 0 Å². The van der Waals surface area contributed by atoms with Gasteiger partial charge in [0.15, 0.2) is 0 Å². The second-order valence-corrected chi connectivity index (χ2v) is 19.4. The largest absolute Gasteiger partial charge is 0.0616 e. The molecule has 0 unspecified atom stereocenters. The van der Waals surface area contributed by atoms with Crippen LogP contribution in [0.2, 0.25) is 0 Å². The van der Waals surface area contributed by atoms with Gasteiger partial charge in [-0.25, -0.2) is 0 Å². The molecular formula is C52H48P2. The van der Waals surface area contributed by atoms with E-state index in [1.54, 1.807) is 0 Å². The van der Waals surface area contributed by atoms with Crippen LogP contribution in [-0.4, -0.2) is 0 Å². The van der Waals surface area contributed by atoms with Gasteiger partial charge in [0.1, 0.15) is 0 Å². The Bertz CT molecular complexity index is 2430. The van der Waals surface area contributed by atoms with Crippen LogP contribution in [0.5, 0.6) is 0 Å². The highest BCUT2D eigenvalue weighted by Gasteiger charge is 2.30. The van der Waals surface area contributed by atoms with E-state index >= 15 is 0 Å². The summed E-state index contributed by atoms with van der Waals surface area (Å²) in [5, 5.41) is 13.7. The van der Waals surface area contributed by atoms with Crippen molar-refractivity contribution in [3.63, 3.8) is 0 Å². The van der Waals surface area contributed by atoms with Gasteiger partial charge < -0.3 is 0 Å². The van der Waals surface area contributed by atoms with Crippen molar-refractivity contribution in [3.8, 4) is 11.1 Å². The Kier molecular flexibility index (Phi) is 9.87. The zero-order chi connectivity index (χ0) is 37.7. The zero-order valence-electron chi connectivity index (χ0n) is 32.8. The highest BCUT2D eigenvalue weighted by molar-refractivity contribution is 7.81. The van der Waals surface area contributed by atoms with Gasteiger partial charge in [0.05, 0.1) is 0 Å². The fourth-order valence-corrected chi connectivity index (χ4v) is 13.9. The molecule has 0 atom stereocenters. The maximum atomic E-state index is 2.48. The molecule has 8 aromatic carbocycles. The number of rotatable bonds is 7. The maximum Gasteiger partial charge on any atom is -0.000883 e. The summed E-state index contributed by atoms with van der Waals surface area (Å²) in [4.78, 5) is 0. The van der Waals surface area contributed by atoms with Gasteiger partial charge in [-0.2, -0.15) is 0 Å². The number of hydrogen-bond donors (Lipinski definition) is 0. The topological polar surface area (TPSA) is 0 Å². The average Bonchev–Trinajstić information content (AvgIpc) is 3.14. The molecule has 0 saturated heterocycles. The monoisotopic (exact) mass is 734 g/mol. The van der Waals surface area contributed by atoms with Crippen molar-refractivity contribution >= 4 is 69.2 Å². The van der Waals surface area contributed by atoms with Crippen molar-refractivity contribution in [2.45, 2.75) is 55.4 Å². The third kappa shape index (κ3) is 6.62. The molecule has 0 aliphatic carbocycles. The van der Waals surface area contributed by atoms with E-state index in [0.29, 0.717) is 0 Å². The quantitative estimate of drug-likeness (QED) is 0.143. The molecular weight excluding hydrogens is 687 g/mol. The third-order valence-corrected chi connectivity index (χ3v) is 16.6. The molecule has 8 aromatic rings. The van der Waals surface area contributed by atoms with Crippen LogP contribution in [0.1, 0.15) is 44.5 Å². The summed E-state index contributed by atoms with van der Waals surface area (Å²) in [7, 11) is -1.88. The maximum absolute atomic E-state index is 2.48. The molecule has 0 N–H and O–H groups in total. The van der Waals surface area contributed by atoms with E-state index in [4.69, 9.17) is 0 Å². The van der Waals surface area contributed by atoms with Crippen LogP contribution < -0.4 is 31.8 Å². The van der Waals surface area contributed by atoms with E-state index in [0.717, 1.165) is 0 Å². The second kappa shape index (κ2) is 14.8. The molecule has 54 heavy (non-hydrogen) atoms. The number of aryl methyl sites for hydroxylation is 8. The molecule has 0 aliphatic heterocycles. The van der Waals surface area contributed by atoms with Crippen LogP contribution in [0.4, 0.5) is 0 Å². The molecule has 0 spiro atoms. The van der Waals surface area contributed by atoms with E-state index in [9.17, 15) is 0 Å². The second-order valence-electron chi connectivity index (χ2n) is 15.2. The summed E-state index contributed by atoms with van der Waals surface area (Å²) < 4.78 is 0. The third-order valence-electron chi connectivity index (χ3n) is 10.9. The number of hydrogen-bond acceptors (Lipinski definition) is 0. The summed E-state index contributed by atoms with van der Waals surface area (Å²) in [6.45, 7) is 18.1. The summed E-state index contributed by atoms with van der Waals surface area (Å²) in [5.74, 6) is 0. The van der Waals surface area contributed by atoms with Crippen molar-refractivity contribution < 1.29 is 0 Å². The van der Waals surface area contributed by atoms with Gasteiger partial charge in [0.2, 0.25) is 0 Å². The fraction of sp³-hybridized carbons (Fsp3) is 0.154. The lowest BCUT2D eigenvalue weighted by molar-refractivity contribution is 1.40. The SMILES string of the molecule is Cc1ccc(P(c2ccc(C)cc2C)c2ccc3ccccc3c2-c2c(P(c3ccc(C)cc3C)c3ccc(C)cc3C)ccc3ccccc23)c(C)c1. The van der Waals surface area contributed by atoms with Crippen molar-refractivity contribution in [2.24, 2.45) is 0 Å². The molecule has 0 aliphatic rings. The first-order valence-electron chi connectivity index (χ1n) is 19.0. The van der Waals surface area contributed by atoms with Gasteiger partial charge in [0, 0.05) is 0 Å². The summed E-state index contributed by atoms with van der Waals surface area (Å²) >= 11 is 0. The predicted octanol–water partition coefficient (Wildman–Crippen LogP) is 11.6. The molecule has 0 bridgehead atoms. The Morgan fingerprint density at radius 2 is 0.556 bits per heavy atom. The predicted molar refractivity (Wildman–Crippen MR) is 242 cm³/mol. The van der Waals surface area contributed by atoms with E-state index in [2.05, 4.69) is 201 Å². The Hall–Kier alpha value is -4.86. The highest BCUT2D eigenvalue weighted by atomic mass is 31.1. The lowest BCUT2D eigenvalue weighted by Gasteiger charge is -2.30. The first kappa shape index (κ1) is 36.1. The molecule has 0 radical (unpaired) electrons. The van der Waals surface area contributed by atoms with E-state index < -0.39 is 15.8 Å². The minimum atomic E-state index is -0.939. The molecule has 8 rings (SSSR count).